The lowest BCUT2D eigenvalue weighted by atomic mass is 10.2. The summed E-state index contributed by atoms with van der Waals surface area (Å²) >= 11 is 7.44. The minimum absolute atomic E-state index is 0.107. The van der Waals surface area contributed by atoms with Crippen LogP contribution in [0.1, 0.15) is 5.56 Å². The average molecular weight is 613 g/mol. The van der Waals surface area contributed by atoms with E-state index in [-0.39, 0.29) is 28.6 Å². The topological polar surface area (TPSA) is 103 Å². The van der Waals surface area contributed by atoms with Gasteiger partial charge >= 0.3 is 0 Å². The quantitative estimate of drug-likeness (QED) is 0.260. The molecule has 1 N–H and O–H groups in total. The molecule has 13 heteroatoms. The van der Waals surface area contributed by atoms with Crippen LogP contribution >= 0.6 is 23.4 Å². The van der Waals surface area contributed by atoms with Crippen molar-refractivity contribution < 1.29 is 36.6 Å². The van der Waals surface area contributed by atoms with Crippen LogP contribution in [0, 0.1) is 5.82 Å². The van der Waals surface area contributed by atoms with E-state index in [1.807, 2.05) is 0 Å². The van der Waals surface area contributed by atoms with Crippen LogP contribution in [-0.2, 0) is 20.6 Å². The number of carbonyl (C=O) groups excluding carboxylic acids is 1. The van der Waals surface area contributed by atoms with Gasteiger partial charge in [0.1, 0.15) is 23.9 Å². The van der Waals surface area contributed by atoms with Gasteiger partial charge in [-0.1, -0.05) is 17.7 Å². The van der Waals surface area contributed by atoms with Crippen molar-refractivity contribution in [1.82, 2.24) is 5.32 Å². The predicted molar refractivity (Wildman–Crippen MR) is 154 cm³/mol. The van der Waals surface area contributed by atoms with Crippen molar-refractivity contribution in [3.8, 4) is 23.0 Å². The minimum Gasteiger partial charge on any atom is -0.497 e. The zero-order valence-electron chi connectivity index (χ0n) is 22.4. The van der Waals surface area contributed by atoms with E-state index in [9.17, 15) is 17.6 Å². The van der Waals surface area contributed by atoms with Crippen molar-refractivity contribution in [1.29, 1.82) is 0 Å². The summed E-state index contributed by atoms with van der Waals surface area (Å²) in [6.45, 7) is -0.334. The third-order valence-corrected chi connectivity index (χ3v) is 8.86. The monoisotopic (exact) mass is 612 g/mol. The van der Waals surface area contributed by atoms with Crippen molar-refractivity contribution in [2.45, 2.75) is 10.6 Å². The summed E-state index contributed by atoms with van der Waals surface area (Å²) in [6.07, 6.45) is 0. The first-order valence-corrected chi connectivity index (χ1v) is 14.9. The molecule has 0 radical (unpaired) electrons. The van der Waals surface area contributed by atoms with Gasteiger partial charge in [0.05, 0.1) is 39.0 Å². The number of sulfonamides is 1. The summed E-state index contributed by atoms with van der Waals surface area (Å²) in [7, 11) is 1.36. The van der Waals surface area contributed by atoms with Gasteiger partial charge in [-0.15, -0.1) is 0 Å². The van der Waals surface area contributed by atoms with Crippen LogP contribution in [0.15, 0.2) is 59.5 Å². The van der Waals surface area contributed by atoms with E-state index in [1.165, 1.54) is 76.6 Å². The Bertz CT molecular complexity index is 1420. The Kier molecular flexibility index (Phi) is 11.2. The summed E-state index contributed by atoms with van der Waals surface area (Å²) in [5.74, 6) is 0.952. The number of nitrogens with one attached hydrogen (secondary N) is 1. The van der Waals surface area contributed by atoms with Gasteiger partial charge in [0.15, 0.2) is 11.5 Å². The van der Waals surface area contributed by atoms with Crippen molar-refractivity contribution in [3.63, 3.8) is 0 Å². The largest absolute Gasteiger partial charge is 0.497 e. The van der Waals surface area contributed by atoms with Gasteiger partial charge in [-0.05, 0) is 36.4 Å². The number of amides is 1. The molecular weight excluding hydrogens is 583 g/mol. The number of nitrogens with zero attached hydrogens (tertiary/aromatic N) is 1. The normalized spacial score (nSPS) is 11.1. The Morgan fingerprint density at radius 2 is 1.65 bits per heavy atom. The lowest BCUT2D eigenvalue weighted by molar-refractivity contribution is -0.119. The molecular formula is C27H30ClFN2O7S2. The van der Waals surface area contributed by atoms with Gasteiger partial charge in [-0.2, -0.15) is 11.8 Å². The molecule has 0 spiro atoms. The summed E-state index contributed by atoms with van der Waals surface area (Å²) in [6, 6.07) is 13.3. The van der Waals surface area contributed by atoms with E-state index in [4.69, 9.17) is 30.5 Å². The summed E-state index contributed by atoms with van der Waals surface area (Å²) in [5.41, 5.74) is 0.494. The summed E-state index contributed by atoms with van der Waals surface area (Å²) in [4.78, 5) is 12.9. The molecule has 0 atom stereocenters. The molecule has 1 amide bonds. The third-order valence-electron chi connectivity index (χ3n) is 5.76. The number of carbonyl (C=O) groups is 1. The first-order chi connectivity index (χ1) is 19.2. The van der Waals surface area contributed by atoms with Gasteiger partial charge in [0.2, 0.25) is 5.91 Å². The molecule has 0 heterocycles. The first-order valence-electron chi connectivity index (χ1n) is 11.9. The SMILES string of the molecule is COc1ccc(OC)c(N(CC(=O)NCCSCc2c(F)cccc2Cl)S(=O)(=O)c2ccc(OC)c(OC)c2)c1. The molecule has 216 valence electrons. The number of benzene rings is 3. The lowest BCUT2D eigenvalue weighted by Gasteiger charge is -2.26. The van der Waals surface area contributed by atoms with Crippen LogP contribution in [0.2, 0.25) is 5.02 Å². The minimum atomic E-state index is -4.31. The van der Waals surface area contributed by atoms with Crippen LogP contribution in [0.25, 0.3) is 0 Å². The molecule has 0 saturated heterocycles. The first kappa shape index (κ1) is 31.2. The van der Waals surface area contributed by atoms with Crippen LogP contribution in [0.3, 0.4) is 0 Å². The highest BCUT2D eigenvalue weighted by atomic mass is 35.5. The van der Waals surface area contributed by atoms with Gasteiger partial charge in [0.25, 0.3) is 10.0 Å². The molecule has 9 nitrogen and oxygen atoms in total. The van der Waals surface area contributed by atoms with Crippen LogP contribution < -0.4 is 28.6 Å². The zero-order valence-corrected chi connectivity index (χ0v) is 24.8. The second-order valence-electron chi connectivity index (χ2n) is 8.17. The molecule has 3 aromatic carbocycles. The van der Waals surface area contributed by atoms with E-state index in [1.54, 1.807) is 18.2 Å². The Labute approximate surface area is 242 Å². The number of ether oxygens (including phenoxy) is 4. The molecule has 0 bridgehead atoms. The molecule has 0 aliphatic heterocycles. The number of methoxy groups -OCH3 is 4. The number of anilines is 1. The van der Waals surface area contributed by atoms with Crippen LogP contribution in [0.4, 0.5) is 10.1 Å². The fraction of sp³-hybridized carbons (Fsp3) is 0.296. The highest BCUT2D eigenvalue weighted by Gasteiger charge is 2.31. The second kappa shape index (κ2) is 14.3. The third kappa shape index (κ3) is 7.43. The Balaban J connectivity index is 1.83. The maximum Gasteiger partial charge on any atom is 0.265 e. The Morgan fingerprint density at radius 1 is 0.950 bits per heavy atom. The van der Waals surface area contributed by atoms with Crippen LogP contribution in [-0.4, -0.2) is 61.6 Å². The van der Waals surface area contributed by atoms with Crippen LogP contribution in [0.5, 0.6) is 23.0 Å². The van der Waals surface area contributed by atoms with Gasteiger partial charge in [-0.3, -0.25) is 9.10 Å². The van der Waals surface area contributed by atoms with Crippen molar-refractivity contribution >= 4 is 45.0 Å². The van der Waals surface area contributed by atoms with E-state index < -0.39 is 28.3 Å². The smallest absolute Gasteiger partial charge is 0.265 e. The molecule has 40 heavy (non-hydrogen) atoms. The number of halogens is 2. The number of hydrogen-bond donors (Lipinski definition) is 1. The average Bonchev–Trinajstić information content (AvgIpc) is 2.96. The van der Waals surface area contributed by atoms with E-state index in [2.05, 4.69) is 5.32 Å². The van der Waals surface area contributed by atoms with Gasteiger partial charge in [0, 0.05) is 40.8 Å². The van der Waals surface area contributed by atoms with Crippen molar-refractivity contribution in [2.24, 2.45) is 0 Å². The number of hydrogen-bond acceptors (Lipinski definition) is 8. The lowest BCUT2D eigenvalue weighted by Crippen LogP contribution is -2.41. The van der Waals surface area contributed by atoms with Crippen molar-refractivity contribution in [3.05, 3.63) is 71.0 Å². The fourth-order valence-corrected chi connectivity index (χ4v) is 6.33. The maximum absolute atomic E-state index is 14.0. The summed E-state index contributed by atoms with van der Waals surface area (Å²) in [5, 5.41) is 3.05. The zero-order chi connectivity index (χ0) is 29.3. The number of thioether (sulfide) groups is 1. The second-order valence-corrected chi connectivity index (χ2v) is 11.5. The fourth-order valence-electron chi connectivity index (χ4n) is 3.69. The van der Waals surface area contributed by atoms with Crippen molar-refractivity contribution in [2.75, 3.05) is 51.6 Å². The van der Waals surface area contributed by atoms with E-state index in [0.717, 1.165) is 4.31 Å². The molecule has 3 rings (SSSR count). The molecule has 0 aliphatic rings. The van der Waals surface area contributed by atoms with E-state index >= 15 is 0 Å². The highest BCUT2D eigenvalue weighted by Crippen LogP contribution is 2.37. The predicted octanol–water partition coefficient (Wildman–Crippen LogP) is 4.76. The van der Waals surface area contributed by atoms with Gasteiger partial charge < -0.3 is 24.3 Å². The van der Waals surface area contributed by atoms with E-state index in [0.29, 0.717) is 33.6 Å². The standard InChI is InChI=1S/C27H30ClFN2O7S2/c1-35-18-8-10-24(36-2)23(14-18)31(40(33,34)19-9-11-25(37-3)26(15-19)38-4)16-27(32)30-12-13-39-17-20-21(28)6-5-7-22(20)29/h5-11,14-15H,12-13,16-17H2,1-4H3,(H,30,32). The Hall–Kier alpha value is -3.35. The molecule has 0 saturated carbocycles. The summed E-state index contributed by atoms with van der Waals surface area (Å²) < 4.78 is 63.9. The number of rotatable bonds is 14. The highest BCUT2D eigenvalue weighted by molar-refractivity contribution is 7.98. The molecule has 0 unspecified atom stereocenters. The molecule has 3 aromatic rings. The molecule has 0 aromatic heterocycles. The molecule has 0 aliphatic carbocycles. The van der Waals surface area contributed by atoms with Gasteiger partial charge in [-0.25, -0.2) is 12.8 Å². The molecule has 0 fully saturated rings. The Morgan fingerprint density at radius 3 is 2.30 bits per heavy atom. The maximum atomic E-state index is 14.0.